The maximum absolute atomic E-state index is 3.76. The van der Waals surface area contributed by atoms with E-state index in [0.29, 0.717) is 5.95 Å². The summed E-state index contributed by atoms with van der Waals surface area (Å²) in [6.45, 7) is 6.78. The van der Waals surface area contributed by atoms with Gasteiger partial charge in [0.15, 0.2) is 0 Å². The number of aliphatic imine (C=N–C) groups is 1. The van der Waals surface area contributed by atoms with Crippen LogP contribution < -0.4 is 0 Å². The third-order valence-electron chi connectivity index (χ3n) is 0.869. The summed E-state index contributed by atoms with van der Waals surface area (Å²) in [5, 5.41) is 3.76. The summed E-state index contributed by atoms with van der Waals surface area (Å²) >= 11 is 0. The van der Waals surface area contributed by atoms with Crippen LogP contribution in [0, 0.1) is 0 Å². The summed E-state index contributed by atoms with van der Waals surface area (Å²) in [5.41, 5.74) is 0. The first-order valence-corrected chi connectivity index (χ1v) is 2.37. The fourth-order valence-corrected chi connectivity index (χ4v) is 0.486. The van der Waals surface area contributed by atoms with Crippen LogP contribution in [0.2, 0.25) is 0 Å². The SMILES string of the molecule is C=Cn1ncnc1N=C. The maximum Gasteiger partial charge on any atom is 0.251 e. The predicted molar refractivity (Wildman–Crippen MR) is 35.6 cm³/mol. The topological polar surface area (TPSA) is 43.1 Å². The van der Waals surface area contributed by atoms with Gasteiger partial charge in [-0.05, 0) is 6.72 Å². The fraction of sp³-hybridized carbons (Fsp3) is 0. The first-order valence-electron chi connectivity index (χ1n) is 2.37. The van der Waals surface area contributed by atoms with E-state index in [9.17, 15) is 0 Å². The van der Waals surface area contributed by atoms with E-state index < -0.39 is 0 Å². The summed E-state index contributed by atoms with van der Waals surface area (Å²) in [6, 6.07) is 0. The lowest BCUT2D eigenvalue weighted by molar-refractivity contribution is 0.935. The number of hydrogen-bond donors (Lipinski definition) is 0. The normalized spacial score (nSPS) is 8.89. The molecule has 0 aliphatic rings. The minimum atomic E-state index is 0.463. The molecule has 0 atom stereocenters. The average Bonchev–Trinajstić information content (AvgIpc) is 2.33. The van der Waals surface area contributed by atoms with Gasteiger partial charge < -0.3 is 0 Å². The highest BCUT2D eigenvalue weighted by Gasteiger charge is 1.93. The van der Waals surface area contributed by atoms with Gasteiger partial charge in [0, 0.05) is 6.20 Å². The minimum Gasteiger partial charge on any atom is -0.228 e. The van der Waals surface area contributed by atoms with Crippen molar-refractivity contribution in [1.29, 1.82) is 0 Å². The first kappa shape index (κ1) is 5.68. The Labute approximate surface area is 52.6 Å². The quantitative estimate of drug-likeness (QED) is 0.542. The van der Waals surface area contributed by atoms with Crippen LogP contribution in [0.5, 0.6) is 0 Å². The third kappa shape index (κ3) is 0.861. The van der Waals surface area contributed by atoms with E-state index in [0.717, 1.165) is 0 Å². The van der Waals surface area contributed by atoms with Crippen molar-refractivity contribution in [2.45, 2.75) is 0 Å². The molecule has 0 N–H and O–H groups in total. The van der Waals surface area contributed by atoms with Gasteiger partial charge in [0.2, 0.25) is 0 Å². The molecule has 9 heavy (non-hydrogen) atoms. The zero-order valence-corrected chi connectivity index (χ0v) is 4.86. The van der Waals surface area contributed by atoms with Crippen molar-refractivity contribution >= 4 is 18.9 Å². The molecule has 0 fully saturated rings. The molecule has 46 valence electrons. The second kappa shape index (κ2) is 2.21. The number of rotatable bonds is 2. The van der Waals surface area contributed by atoms with Gasteiger partial charge in [-0.25, -0.2) is 9.67 Å². The molecule has 0 aliphatic carbocycles. The van der Waals surface area contributed by atoms with Crippen molar-refractivity contribution in [2.75, 3.05) is 0 Å². The molecule has 0 bridgehead atoms. The van der Waals surface area contributed by atoms with Gasteiger partial charge in [0.25, 0.3) is 5.95 Å². The largest absolute Gasteiger partial charge is 0.251 e. The summed E-state index contributed by atoms with van der Waals surface area (Å²) in [5.74, 6) is 0.463. The molecule has 0 aromatic carbocycles. The standard InChI is InChI=1S/C5H6N4/c1-3-9-5(6-2)7-4-8-9/h3-4H,1-2H2. The highest BCUT2D eigenvalue weighted by atomic mass is 15.4. The van der Waals surface area contributed by atoms with Crippen LogP contribution in [0.3, 0.4) is 0 Å². The molecular weight excluding hydrogens is 116 g/mol. The van der Waals surface area contributed by atoms with Crippen LogP contribution in [-0.4, -0.2) is 21.5 Å². The summed E-state index contributed by atoms with van der Waals surface area (Å²) in [6.07, 6.45) is 2.91. The monoisotopic (exact) mass is 122 g/mol. The van der Waals surface area contributed by atoms with E-state index >= 15 is 0 Å². The van der Waals surface area contributed by atoms with Gasteiger partial charge in [0.1, 0.15) is 6.33 Å². The molecule has 0 saturated heterocycles. The lowest BCUT2D eigenvalue weighted by Gasteiger charge is -1.87. The molecule has 0 aliphatic heterocycles. The van der Waals surface area contributed by atoms with Crippen molar-refractivity contribution in [3.05, 3.63) is 12.9 Å². The van der Waals surface area contributed by atoms with Crippen molar-refractivity contribution < 1.29 is 0 Å². The van der Waals surface area contributed by atoms with Crippen LogP contribution in [0.1, 0.15) is 0 Å². The smallest absolute Gasteiger partial charge is 0.228 e. The van der Waals surface area contributed by atoms with Gasteiger partial charge in [-0.1, -0.05) is 6.58 Å². The Morgan fingerprint density at radius 3 is 3.00 bits per heavy atom. The van der Waals surface area contributed by atoms with Gasteiger partial charge in [-0.15, -0.1) is 0 Å². The van der Waals surface area contributed by atoms with Crippen molar-refractivity contribution in [3.63, 3.8) is 0 Å². The van der Waals surface area contributed by atoms with Gasteiger partial charge in [-0.2, -0.15) is 10.1 Å². The van der Waals surface area contributed by atoms with Crippen LogP contribution in [-0.2, 0) is 0 Å². The molecule has 1 heterocycles. The first-order chi connectivity index (χ1) is 4.38. The molecule has 0 spiro atoms. The van der Waals surface area contributed by atoms with Crippen LogP contribution in [0.15, 0.2) is 17.9 Å². The molecule has 1 aromatic rings. The van der Waals surface area contributed by atoms with E-state index in [1.807, 2.05) is 0 Å². The van der Waals surface area contributed by atoms with Gasteiger partial charge in [0.05, 0.1) is 0 Å². The highest BCUT2D eigenvalue weighted by molar-refractivity contribution is 5.37. The number of hydrogen-bond acceptors (Lipinski definition) is 3. The molecule has 0 radical (unpaired) electrons. The summed E-state index contributed by atoms with van der Waals surface area (Å²) in [7, 11) is 0. The molecular formula is C5H6N4. The van der Waals surface area contributed by atoms with Crippen LogP contribution in [0.25, 0.3) is 6.20 Å². The lowest BCUT2D eigenvalue weighted by Crippen LogP contribution is -1.84. The minimum absolute atomic E-state index is 0.463. The molecule has 1 aromatic heterocycles. The molecule has 1 rings (SSSR count). The van der Waals surface area contributed by atoms with Crippen molar-refractivity contribution in [1.82, 2.24) is 14.8 Å². The second-order valence-corrected chi connectivity index (χ2v) is 1.35. The lowest BCUT2D eigenvalue weighted by atomic mass is 10.9. The van der Waals surface area contributed by atoms with Crippen molar-refractivity contribution in [2.24, 2.45) is 4.99 Å². The van der Waals surface area contributed by atoms with Crippen LogP contribution >= 0.6 is 0 Å². The molecule has 4 heteroatoms. The zero-order chi connectivity index (χ0) is 6.69. The van der Waals surface area contributed by atoms with Crippen LogP contribution in [0.4, 0.5) is 5.95 Å². The van der Waals surface area contributed by atoms with Crippen molar-refractivity contribution in [3.8, 4) is 0 Å². The number of nitrogens with zero attached hydrogens (tertiary/aromatic N) is 4. The van der Waals surface area contributed by atoms with Gasteiger partial charge >= 0.3 is 0 Å². The highest BCUT2D eigenvalue weighted by Crippen LogP contribution is 2.02. The second-order valence-electron chi connectivity index (χ2n) is 1.35. The van der Waals surface area contributed by atoms with E-state index in [1.165, 1.54) is 17.2 Å². The average molecular weight is 122 g/mol. The van der Waals surface area contributed by atoms with Gasteiger partial charge in [-0.3, -0.25) is 0 Å². The number of aromatic nitrogens is 3. The fourth-order valence-electron chi connectivity index (χ4n) is 0.486. The molecule has 0 amide bonds. The Kier molecular flexibility index (Phi) is 1.40. The Bertz CT molecular complexity index is 202. The van der Waals surface area contributed by atoms with E-state index in [4.69, 9.17) is 0 Å². The predicted octanol–water partition coefficient (Wildman–Crippen LogP) is 0.711. The van der Waals surface area contributed by atoms with E-state index in [1.54, 1.807) is 0 Å². The Morgan fingerprint density at radius 2 is 2.56 bits per heavy atom. The Balaban J connectivity index is 3.12. The molecule has 4 nitrogen and oxygen atoms in total. The summed E-state index contributed by atoms with van der Waals surface area (Å²) in [4.78, 5) is 7.33. The Hall–Kier alpha value is -1.45. The molecule has 0 unspecified atom stereocenters. The van der Waals surface area contributed by atoms with E-state index in [2.05, 4.69) is 28.4 Å². The maximum atomic E-state index is 3.76. The van der Waals surface area contributed by atoms with E-state index in [-0.39, 0.29) is 0 Å². The molecule has 0 saturated carbocycles. The zero-order valence-electron chi connectivity index (χ0n) is 4.86. The summed E-state index contributed by atoms with van der Waals surface area (Å²) < 4.78 is 1.44. The third-order valence-corrected chi connectivity index (χ3v) is 0.869. The Morgan fingerprint density at radius 1 is 1.78 bits per heavy atom.